The van der Waals surface area contributed by atoms with E-state index in [1.165, 1.54) is 49.2 Å². The van der Waals surface area contributed by atoms with Crippen LogP contribution in [0.15, 0.2) is 48.5 Å². The van der Waals surface area contributed by atoms with Crippen LogP contribution in [0.1, 0.15) is 42.4 Å². The molecule has 0 aliphatic carbocycles. The van der Waals surface area contributed by atoms with Crippen molar-refractivity contribution in [3.63, 3.8) is 0 Å². The normalized spacial score (nSPS) is 21.9. The molecule has 0 aromatic heterocycles. The Morgan fingerprint density at radius 2 is 1.65 bits per heavy atom. The van der Waals surface area contributed by atoms with Crippen LogP contribution in [0.3, 0.4) is 0 Å². The van der Waals surface area contributed by atoms with E-state index in [4.69, 9.17) is 4.74 Å². The van der Waals surface area contributed by atoms with Gasteiger partial charge >= 0.3 is 0 Å². The Kier molecular flexibility index (Phi) is 4.09. The van der Waals surface area contributed by atoms with Gasteiger partial charge in [0.2, 0.25) is 0 Å². The number of piperidine rings is 1. The largest absolute Gasteiger partial charge is 0.489 e. The van der Waals surface area contributed by atoms with Crippen LogP contribution >= 0.6 is 0 Å². The molecule has 2 nitrogen and oxygen atoms in total. The number of rotatable bonds is 2. The molecule has 2 aliphatic heterocycles. The maximum atomic E-state index is 6.13. The predicted octanol–water partition coefficient (Wildman–Crippen LogP) is 4.44. The molecule has 4 rings (SSSR count). The van der Waals surface area contributed by atoms with Crippen LogP contribution in [0.2, 0.25) is 0 Å². The first-order valence-electron chi connectivity index (χ1n) is 8.88. The lowest BCUT2D eigenvalue weighted by Gasteiger charge is -2.36. The second-order valence-corrected chi connectivity index (χ2v) is 6.77. The van der Waals surface area contributed by atoms with Crippen LogP contribution in [-0.2, 0) is 6.61 Å². The first-order valence-corrected chi connectivity index (χ1v) is 8.88. The van der Waals surface area contributed by atoms with Gasteiger partial charge in [-0.15, -0.1) is 0 Å². The van der Waals surface area contributed by atoms with E-state index in [0.29, 0.717) is 18.4 Å². The molecule has 0 N–H and O–H groups in total. The van der Waals surface area contributed by atoms with Crippen molar-refractivity contribution in [2.75, 3.05) is 19.6 Å². The summed E-state index contributed by atoms with van der Waals surface area (Å²) in [6.07, 6.45) is 2.56. The summed E-state index contributed by atoms with van der Waals surface area (Å²) in [5.41, 5.74) is 4.21. The lowest BCUT2D eigenvalue weighted by molar-refractivity contribution is 0.182. The van der Waals surface area contributed by atoms with Crippen LogP contribution in [-0.4, -0.2) is 24.5 Å². The molecule has 2 heterocycles. The fourth-order valence-electron chi connectivity index (χ4n) is 4.27. The van der Waals surface area contributed by atoms with Crippen molar-refractivity contribution in [3.05, 3.63) is 65.2 Å². The molecular formula is C21H25NO. The maximum Gasteiger partial charge on any atom is 0.123 e. The molecule has 0 saturated carbocycles. The van der Waals surface area contributed by atoms with E-state index in [2.05, 4.69) is 60.4 Å². The number of fused-ring (bicyclic) bond motifs is 2. The highest BCUT2D eigenvalue weighted by Gasteiger charge is 2.33. The molecule has 0 bridgehead atoms. The second-order valence-electron chi connectivity index (χ2n) is 6.77. The lowest BCUT2D eigenvalue weighted by Crippen LogP contribution is -2.35. The van der Waals surface area contributed by atoms with Gasteiger partial charge in [-0.3, -0.25) is 0 Å². The highest BCUT2D eigenvalue weighted by Crippen LogP contribution is 2.44. The Morgan fingerprint density at radius 1 is 0.957 bits per heavy atom. The number of hydrogen-bond acceptors (Lipinski definition) is 2. The molecule has 0 spiro atoms. The monoisotopic (exact) mass is 307 g/mol. The molecule has 1 fully saturated rings. The third kappa shape index (κ3) is 2.76. The number of nitrogens with zero attached hydrogens (tertiary/aromatic N) is 1. The summed E-state index contributed by atoms with van der Waals surface area (Å²) in [6, 6.07) is 17.5. The molecule has 1 unspecified atom stereocenters. The minimum Gasteiger partial charge on any atom is -0.489 e. The summed E-state index contributed by atoms with van der Waals surface area (Å²) >= 11 is 0. The number of para-hydroxylation sites is 1. The SMILES string of the molecule is CCN1CCC(C2c3ccccc3COc3ccccc32)CC1. The summed E-state index contributed by atoms with van der Waals surface area (Å²) in [5, 5.41) is 0. The Balaban J connectivity index is 1.75. The van der Waals surface area contributed by atoms with E-state index < -0.39 is 0 Å². The molecule has 1 atom stereocenters. The van der Waals surface area contributed by atoms with E-state index in [1.807, 2.05) is 0 Å². The van der Waals surface area contributed by atoms with Crippen molar-refractivity contribution in [3.8, 4) is 5.75 Å². The van der Waals surface area contributed by atoms with Crippen molar-refractivity contribution in [1.82, 2.24) is 4.90 Å². The first kappa shape index (κ1) is 14.8. The third-order valence-corrected chi connectivity index (χ3v) is 5.58. The maximum absolute atomic E-state index is 6.13. The quantitative estimate of drug-likeness (QED) is 0.813. The predicted molar refractivity (Wildman–Crippen MR) is 93.9 cm³/mol. The van der Waals surface area contributed by atoms with Crippen molar-refractivity contribution in [2.45, 2.75) is 32.3 Å². The molecule has 23 heavy (non-hydrogen) atoms. The molecule has 0 amide bonds. The Morgan fingerprint density at radius 3 is 2.43 bits per heavy atom. The summed E-state index contributed by atoms with van der Waals surface area (Å²) in [5.74, 6) is 2.26. The van der Waals surface area contributed by atoms with E-state index >= 15 is 0 Å². The van der Waals surface area contributed by atoms with Crippen molar-refractivity contribution in [2.24, 2.45) is 5.92 Å². The fraction of sp³-hybridized carbons (Fsp3) is 0.429. The van der Waals surface area contributed by atoms with E-state index in [9.17, 15) is 0 Å². The minimum absolute atomic E-state index is 0.476. The number of hydrogen-bond donors (Lipinski definition) is 0. The fourth-order valence-corrected chi connectivity index (χ4v) is 4.27. The molecule has 120 valence electrons. The third-order valence-electron chi connectivity index (χ3n) is 5.58. The zero-order valence-electron chi connectivity index (χ0n) is 13.9. The Bertz CT molecular complexity index is 626. The topological polar surface area (TPSA) is 12.5 Å². The van der Waals surface area contributed by atoms with Gasteiger partial charge < -0.3 is 9.64 Å². The van der Waals surface area contributed by atoms with Gasteiger partial charge in [0.15, 0.2) is 0 Å². The summed E-state index contributed by atoms with van der Waals surface area (Å²) in [6.45, 7) is 6.58. The highest BCUT2D eigenvalue weighted by molar-refractivity contribution is 5.47. The van der Waals surface area contributed by atoms with Crippen molar-refractivity contribution < 1.29 is 4.74 Å². The molecule has 0 radical (unpaired) electrons. The average Bonchev–Trinajstić information content (AvgIpc) is 2.79. The summed E-state index contributed by atoms with van der Waals surface area (Å²) in [7, 11) is 0. The summed E-state index contributed by atoms with van der Waals surface area (Å²) < 4.78 is 6.13. The molecule has 2 aliphatic rings. The summed E-state index contributed by atoms with van der Waals surface area (Å²) in [4.78, 5) is 2.57. The number of benzene rings is 2. The van der Waals surface area contributed by atoms with Gasteiger partial charge in [-0.25, -0.2) is 0 Å². The van der Waals surface area contributed by atoms with Gasteiger partial charge in [-0.1, -0.05) is 49.4 Å². The van der Waals surface area contributed by atoms with Gasteiger partial charge in [0.1, 0.15) is 12.4 Å². The number of ether oxygens (including phenoxy) is 1. The number of likely N-dealkylation sites (tertiary alicyclic amines) is 1. The Labute approximate surface area is 139 Å². The smallest absolute Gasteiger partial charge is 0.123 e. The van der Waals surface area contributed by atoms with Gasteiger partial charge in [0.25, 0.3) is 0 Å². The molecular weight excluding hydrogens is 282 g/mol. The molecule has 1 saturated heterocycles. The first-order chi connectivity index (χ1) is 11.4. The Hall–Kier alpha value is -1.80. The minimum atomic E-state index is 0.476. The van der Waals surface area contributed by atoms with Crippen LogP contribution in [0.4, 0.5) is 0 Å². The van der Waals surface area contributed by atoms with E-state index in [0.717, 1.165) is 5.75 Å². The standard InChI is InChI=1S/C21H25NO/c1-2-22-13-11-16(12-14-22)21-18-8-4-3-7-17(18)15-23-20-10-6-5-9-19(20)21/h3-10,16,21H,2,11-15H2,1H3. The van der Waals surface area contributed by atoms with Crippen LogP contribution in [0.25, 0.3) is 0 Å². The van der Waals surface area contributed by atoms with E-state index in [1.54, 1.807) is 0 Å². The zero-order chi connectivity index (χ0) is 15.6. The van der Waals surface area contributed by atoms with Crippen LogP contribution < -0.4 is 4.74 Å². The molecule has 2 heteroatoms. The van der Waals surface area contributed by atoms with Gasteiger partial charge in [0, 0.05) is 11.5 Å². The lowest BCUT2D eigenvalue weighted by atomic mass is 9.75. The highest BCUT2D eigenvalue weighted by atomic mass is 16.5. The van der Waals surface area contributed by atoms with Gasteiger partial charge in [-0.05, 0) is 55.6 Å². The van der Waals surface area contributed by atoms with Gasteiger partial charge in [0.05, 0.1) is 0 Å². The zero-order valence-corrected chi connectivity index (χ0v) is 13.9. The van der Waals surface area contributed by atoms with Gasteiger partial charge in [-0.2, -0.15) is 0 Å². The average molecular weight is 307 g/mol. The van der Waals surface area contributed by atoms with Crippen molar-refractivity contribution in [1.29, 1.82) is 0 Å². The van der Waals surface area contributed by atoms with Crippen LogP contribution in [0, 0.1) is 5.92 Å². The second kappa shape index (κ2) is 6.37. The van der Waals surface area contributed by atoms with Crippen molar-refractivity contribution >= 4 is 0 Å². The van der Waals surface area contributed by atoms with E-state index in [-0.39, 0.29) is 0 Å². The van der Waals surface area contributed by atoms with Crippen LogP contribution in [0.5, 0.6) is 5.75 Å². The molecule has 2 aromatic carbocycles. The molecule has 2 aromatic rings.